The van der Waals surface area contributed by atoms with Gasteiger partial charge in [-0.2, -0.15) is 11.8 Å². The van der Waals surface area contributed by atoms with Gasteiger partial charge in [0.15, 0.2) is 0 Å². The lowest BCUT2D eigenvalue weighted by atomic mass is 9.69. The minimum Gasteiger partial charge on any atom is -0.329 e. The number of nitrogens with two attached hydrogens (primary N) is 1. The van der Waals surface area contributed by atoms with Gasteiger partial charge in [0.25, 0.3) is 0 Å². The largest absolute Gasteiger partial charge is 0.329 e. The van der Waals surface area contributed by atoms with Crippen LogP contribution >= 0.6 is 11.8 Å². The van der Waals surface area contributed by atoms with Gasteiger partial charge in [-0.25, -0.2) is 0 Å². The Labute approximate surface area is 112 Å². The highest BCUT2D eigenvalue weighted by molar-refractivity contribution is 7.99. The summed E-state index contributed by atoms with van der Waals surface area (Å²) in [6, 6.07) is 0. The first kappa shape index (κ1) is 15.3. The Morgan fingerprint density at radius 2 is 2.00 bits per heavy atom. The highest BCUT2D eigenvalue weighted by Crippen LogP contribution is 2.45. The number of thioether (sulfide) groups is 1. The van der Waals surface area contributed by atoms with Crippen molar-refractivity contribution in [1.82, 2.24) is 4.90 Å². The van der Waals surface area contributed by atoms with Crippen molar-refractivity contribution in [3.05, 3.63) is 0 Å². The van der Waals surface area contributed by atoms with Crippen molar-refractivity contribution in [2.24, 2.45) is 11.1 Å². The first-order valence-electron chi connectivity index (χ1n) is 7.07. The molecule has 0 radical (unpaired) electrons. The summed E-state index contributed by atoms with van der Waals surface area (Å²) in [6.07, 6.45) is 3.85. The van der Waals surface area contributed by atoms with Gasteiger partial charge in [-0.05, 0) is 37.1 Å². The van der Waals surface area contributed by atoms with E-state index in [0.29, 0.717) is 5.41 Å². The highest BCUT2D eigenvalue weighted by atomic mass is 32.2. The molecular formula is C14H30N2S. The second-order valence-electron chi connectivity index (χ2n) is 5.86. The van der Waals surface area contributed by atoms with Crippen LogP contribution in [0.2, 0.25) is 0 Å². The summed E-state index contributed by atoms with van der Waals surface area (Å²) in [5.41, 5.74) is 6.76. The molecule has 0 aliphatic carbocycles. The molecule has 1 heterocycles. The Bertz CT molecular complexity index is 230. The van der Waals surface area contributed by atoms with Crippen molar-refractivity contribution >= 4 is 11.8 Å². The predicted molar refractivity (Wildman–Crippen MR) is 79.7 cm³/mol. The van der Waals surface area contributed by atoms with Crippen LogP contribution in [0.15, 0.2) is 0 Å². The summed E-state index contributed by atoms with van der Waals surface area (Å²) in [7, 11) is 0. The SMILES string of the molecule is CCCCN(CC)C1(CN)CSCCC1(C)C. The topological polar surface area (TPSA) is 29.3 Å². The van der Waals surface area contributed by atoms with Gasteiger partial charge >= 0.3 is 0 Å². The van der Waals surface area contributed by atoms with Gasteiger partial charge in [-0.15, -0.1) is 0 Å². The summed E-state index contributed by atoms with van der Waals surface area (Å²) in [4.78, 5) is 2.66. The molecule has 0 saturated carbocycles. The highest BCUT2D eigenvalue weighted by Gasteiger charge is 2.49. The fraction of sp³-hybridized carbons (Fsp3) is 1.00. The summed E-state index contributed by atoms with van der Waals surface area (Å²) in [5, 5.41) is 0. The Morgan fingerprint density at radius 1 is 1.29 bits per heavy atom. The standard InChI is InChI=1S/C14H30N2S/c1-5-7-9-16(6-2)14(11-15)12-17-10-8-13(14,3)4/h5-12,15H2,1-4H3. The molecule has 1 saturated heterocycles. The number of hydrogen-bond acceptors (Lipinski definition) is 3. The molecule has 0 spiro atoms. The molecule has 1 aliphatic rings. The van der Waals surface area contributed by atoms with Crippen molar-refractivity contribution < 1.29 is 0 Å². The Kier molecular flexibility index (Phi) is 5.81. The number of hydrogen-bond donors (Lipinski definition) is 1. The van der Waals surface area contributed by atoms with Crippen molar-refractivity contribution in [1.29, 1.82) is 0 Å². The molecule has 17 heavy (non-hydrogen) atoms. The summed E-state index contributed by atoms with van der Waals surface area (Å²) in [6.45, 7) is 12.5. The lowest BCUT2D eigenvalue weighted by molar-refractivity contribution is 0.00393. The quantitative estimate of drug-likeness (QED) is 0.794. The van der Waals surface area contributed by atoms with Crippen LogP contribution in [0.5, 0.6) is 0 Å². The van der Waals surface area contributed by atoms with Gasteiger partial charge in [0.2, 0.25) is 0 Å². The van der Waals surface area contributed by atoms with Crippen LogP contribution in [-0.2, 0) is 0 Å². The Morgan fingerprint density at radius 3 is 2.47 bits per heavy atom. The van der Waals surface area contributed by atoms with E-state index in [9.17, 15) is 0 Å². The maximum atomic E-state index is 6.21. The average Bonchev–Trinajstić information content (AvgIpc) is 2.31. The maximum absolute atomic E-state index is 6.21. The second kappa shape index (κ2) is 6.44. The van der Waals surface area contributed by atoms with E-state index in [1.807, 2.05) is 0 Å². The zero-order valence-electron chi connectivity index (χ0n) is 12.1. The van der Waals surface area contributed by atoms with Crippen molar-refractivity contribution in [3.63, 3.8) is 0 Å². The normalized spacial score (nSPS) is 28.6. The summed E-state index contributed by atoms with van der Waals surface area (Å²) >= 11 is 2.08. The molecular weight excluding hydrogens is 228 g/mol. The third-order valence-corrected chi connectivity index (χ3v) is 5.75. The molecule has 0 bridgehead atoms. The molecule has 2 N–H and O–H groups in total. The van der Waals surface area contributed by atoms with E-state index in [4.69, 9.17) is 5.73 Å². The van der Waals surface area contributed by atoms with Crippen molar-refractivity contribution in [2.45, 2.75) is 52.5 Å². The molecule has 0 aromatic heterocycles. The minimum atomic E-state index is 0.208. The molecule has 1 atom stereocenters. The molecule has 1 rings (SSSR count). The zero-order valence-corrected chi connectivity index (χ0v) is 12.9. The molecule has 3 heteroatoms. The Balaban J connectivity index is 2.89. The lowest BCUT2D eigenvalue weighted by Crippen LogP contribution is -2.65. The Hall–Kier alpha value is 0.270. The van der Waals surface area contributed by atoms with Crippen molar-refractivity contribution in [2.75, 3.05) is 31.1 Å². The molecule has 1 unspecified atom stereocenters. The first-order valence-corrected chi connectivity index (χ1v) is 8.22. The maximum Gasteiger partial charge on any atom is 0.0472 e. The van der Waals surface area contributed by atoms with E-state index in [1.165, 1.54) is 37.3 Å². The van der Waals surface area contributed by atoms with Crippen LogP contribution < -0.4 is 5.73 Å². The van der Waals surface area contributed by atoms with Crippen molar-refractivity contribution in [3.8, 4) is 0 Å². The number of nitrogens with zero attached hydrogens (tertiary/aromatic N) is 1. The summed E-state index contributed by atoms with van der Waals surface area (Å²) in [5.74, 6) is 2.49. The van der Waals surface area contributed by atoms with Gasteiger partial charge in [-0.3, -0.25) is 4.90 Å². The zero-order chi connectivity index (χ0) is 12.9. The van der Waals surface area contributed by atoms with E-state index >= 15 is 0 Å². The minimum absolute atomic E-state index is 0.208. The third-order valence-electron chi connectivity index (χ3n) is 4.58. The van der Waals surface area contributed by atoms with Crippen LogP contribution in [0.3, 0.4) is 0 Å². The van der Waals surface area contributed by atoms with E-state index in [2.05, 4.69) is 44.4 Å². The fourth-order valence-corrected chi connectivity index (χ4v) is 4.83. The molecule has 0 amide bonds. The molecule has 0 aromatic rings. The van der Waals surface area contributed by atoms with Crippen LogP contribution in [0.25, 0.3) is 0 Å². The molecule has 1 aliphatic heterocycles. The third kappa shape index (κ3) is 2.99. The van der Waals surface area contributed by atoms with Crippen LogP contribution in [-0.4, -0.2) is 41.6 Å². The van der Waals surface area contributed by atoms with Crippen LogP contribution in [0.4, 0.5) is 0 Å². The van der Waals surface area contributed by atoms with E-state index < -0.39 is 0 Å². The lowest BCUT2D eigenvalue weighted by Gasteiger charge is -2.55. The second-order valence-corrected chi connectivity index (χ2v) is 6.96. The number of unbranched alkanes of at least 4 members (excludes halogenated alkanes) is 1. The van der Waals surface area contributed by atoms with Gasteiger partial charge in [0.05, 0.1) is 0 Å². The number of rotatable bonds is 6. The van der Waals surface area contributed by atoms with Gasteiger partial charge in [0, 0.05) is 17.8 Å². The van der Waals surface area contributed by atoms with Crippen LogP contribution in [0, 0.1) is 5.41 Å². The fourth-order valence-electron chi connectivity index (χ4n) is 3.00. The average molecular weight is 258 g/mol. The summed E-state index contributed by atoms with van der Waals surface area (Å²) < 4.78 is 0. The van der Waals surface area contributed by atoms with E-state index in [-0.39, 0.29) is 5.54 Å². The monoisotopic (exact) mass is 258 g/mol. The predicted octanol–water partition coefficient (Wildman–Crippen LogP) is 2.97. The first-order chi connectivity index (χ1) is 8.04. The molecule has 102 valence electrons. The van der Waals surface area contributed by atoms with Gasteiger partial charge < -0.3 is 5.73 Å². The van der Waals surface area contributed by atoms with E-state index in [0.717, 1.165) is 13.1 Å². The van der Waals surface area contributed by atoms with Gasteiger partial charge in [-0.1, -0.05) is 34.1 Å². The smallest absolute Gasteiger partial charge is 0.0472 e. The van der Waals surface area contributed by atoms with E-state index in [1.54, 1.807) is 0 Å². The number of likely N-dealkylation sites (N-methyl/N-ethyl adjacent to an activating group) is 1. The molecule has 1 fully saturated rings. The van der Waals surface area contributed by atoms with Crippen LogP contribution in [0.1, 0.15) is 47.0 Å². The van der Waals surface area contributed by atoms with Gasteiger partial charge in [0.1, 0.15) is 0 Å². The molecule has 0 aromatic carbocycles. The molecule has 2 nitrogen and oxygen atoms in total.